The molecule has 3 aromatic rings. The van der Waals surface area contributed by atoms with Gasteiger partial charge < -0.3 is 9.64 Å². The number of thiazole rings is 1. The SMILES string of the molecule is COC1Cc2sc(CCCCN3CCN(c4ccccn4)CC3)nc2-c2ccccc21. The lowest BCUT2D eigenvalue weighted by molar-refractivity contribution is 0.103. The minimum absolute atomic E-state index is 0.154. The summed E-state index contributed by atoms with van der Waals surface area (Å²) in [5.41, 5.74) is 3.72. The van der Waals surface area contributed by atoms with Crippen molar-refractivity contribution in [2.75, 3.05) is 44.7 Å². The van der Waals surface area contributed by atoms with Crippen molar-refractivity contribution < 1.29 is 4.74 Å². The Morgan fingerprint density at radius 2 is 1.87 bits per heavy atom. The Labute approximate surface area is 188 Å². The van der Waals surface area contributed by atoms with E-state index in [1.165, 1.54) is 46.1 Å². The molecule has 1 saturated heterocycles. The van der Waals surface area contributed by atoms with Crippen molar-refractivity contribution in [1.82, 2.24) is 14.9 Å². The summed E-state index contributed by atoms with van der Waals surface area (Å²) in [5.74, 6) is 1.10. The second kappa shape index (κ2) is 9.47. The van der Waals surface area contributed by atoms with E-state index in [0.29, 0.717) is 0 Å². The summed E-state index contributed by atoms with van der Waals surface area (Å²) in [4.78, 5) is 15.9. The van der Waals surface area contributed by atoms with Gasteiger partial charge >= 0.3 is 0 Å². The van der Waals surface area contributed by atoms with Crippen molar-refractivity contribution in [1.29, 1.82) is 0 Å². The second-order valence-corrected chi connectivity index (χ2v) is 9.54. The first-order chi connectivity index (χ1) is 15.3. The van der Waals surface area contributed by atoms with Crippen molar-refractivity contribution in [3.05, 3.63) is 64.1 Å². The van der Waals surface area contributed by atoms with Gasteiger partial charge in [-0.1, -0.05) is 30.3 Å². The first kappa shape index (κ1) is 20.6. The molecule has 6 heteroatoms. The normalized spacial score (nSPS) is 18.6. The summed E-state index contributed by atoms with van der Waals surface area (Å²) in [6.45, 7) is 5.55. The number of aryl methyl sites for hydroxylation is 1. The average molecular weight is 435 g/mol. The van der Waals surface area contributed by atoms with Crippen LogP contribution in [-0.4, -0.2) is 54.7 Å². The van der Waals surface area contributed by atoms with E-state index < -0.39 is 0 Å². The molecule has 2 aliphatic rings. The predicted octanol–water partition coefficient (Wildman–Crippen LogP) is 4.59. The number of unbranched alkanes of at least 4 members (excludes halogenated alkanes) is 1. The monoisotopic (exact) mass is 434 g/mol. The van der Waals surface area contributed by atoms with E-state index in [9.17, 15) is 0 Å². The summed E-state index contributed by atoms with van der Waals surface area (Å²) in [7, 11) is 1.81. The third-order valence-electron chi connectivity index (χ3n) is 6.42. The van der Waals surface area contributed by atoms with E-state index in [4.69, 9.17) is 9.72 Å². The number of hydrogen-bond acceptors (Lipinski definition) is 6. The Hall–Kier alpha value is -2.28. The summed E-state index contributed by atoms with van der Waals surface area (Å²) in [6.07, 6.45) is 6.48. The molecule has 1 aromatic carbocycles. The van der Waals surface area contributed by atoms with Gasteiger partial charge in [-0.05, 0) is 43.5 Å². The van der Waals surface area contributed by atoms with Crippen LogP contribution in [0.1, 0.15) is 34.4 Å². The van der Waals surface area contributed by atoms with Gasteiger partial charge in [-0.2, -0.15) is 0 Å². The molecule has 0 radical (unpaired) electrons. The van der Waals surface area contributed by atoms with Crippen LogP contribution < -0.4 is 4.90 Å². The van der Waals surface area contributed by atoms with Gasteiger partial charge in [0.15, 0.2) is 0 Å². The fraction of sp³-hybridized carbons (Fsp3) is 0.440. The van der Waals surface area contributed by atoms with Gasteiger partial charge in [0.25, 0.3) is 0 Å². The summed E-state index contributed by atoms with van der Waals surface area (Å²) in [5, 5.41) is 1.27. The lowest BCUT2D eigenvalue weighted by Crippen LogP contribution is -2.46. The molecule has 31 heavy (non-hydrogen) atoms. The highest BCUT2D eigenvalue weighted by Crippen LogP contribution is 2.42. The largest absolute Gasteiger partial charge is 0.376 e. The van der Waals surface area contributed by atoms with Crippen LogP contribution in [-0.2, 0) is 17.6 Å². The molecule has 1 aliphatic carbocycles. The van der Waals surface area contributed by atoms with Gasteiger partial charge in [0.1, 0.15) is 5.82 Å². The van der Waals surface area contributed by atoms with E-state index >= 15 is 0 Å². The minimum atomic E-state index is 0.154. The number of aromatic nitrogens is 2. The highest BCUT2D eigenvalue weighted by Gasteiger charge is 2.27. The lowest BCUT2D eigenvalue weighted by Gasteiger charge is -2.35. The number of pyridine rings is 1. The fourth-order valence-corrected chi connectivity index (χ4v) is 5.85. The van der Waals surface area contributed by atoms with E-state index in [1.807, 2.05) is 30.7 Å². The maximum atomic E-state index is 5.75. The molecular weight excluding hydrogens is 404 g/mol. The number of nitrogens with zero attached hydrogens (tertiary/aromatic N) is 4. The van der Waals surface area contributed by atoms with Crippen LogP contribution in [0.3, 0.4) is 0 Å². The number of benzene rings is 1. The molecule has 0 spiro atoms. The minimum Gasteiger partial charge on any atom is -0.376 e. The Balaban J connectivity index is 1.11. The Bertz CT molecular complexity index is 998. The number of methoxy groups -OCH3 is 1. The highest BCUT2D eigenvalue weighted by molar-refractivity contribution is 7.12. The van der Waals surface area contributed by atoms with Gasteiger partial charge in [0.2, 0.25) is 0 Å². The summed E-state index contributed by atoms with van der Waals surface area (Å²) >= 11 is 1.88. The quantitative estimate of drug-likeness (QED) is 0.509. The number of ether oxygens (including phenoxy) is 1. The standard InChI is InChI=1S/C25H30N4OS/c1-30-21-18-22-25(20-9-3-2-8-19(20)21)27-24(31-22)11-5-7-13-28-14-16-29(17-15-28)23-10-4-6-12-26-23/h2-4,6,8-10,12,21H,5,7,11,13-18H2,1H3. The Morgan fingerprint density at radius 1 is 1.03 bits per heavy atom. The number of fused-ring (bicyclic) bond motifs is 3. The Morgan fingerprint density at radius 3 is 2.68 bits per heavy atom. The average Bonchev–Trinajstić information content (AvgIpc) is 3.25. The molecule has 1 aliphatic heterocycles. The van der Waals surface area contributed by atoms with Gasteiger partial charge in [0, 0.05) is 56.3 Å². The van der Waals surface area contributed by atoms with E-state index in [2.05, 4.69) is 51.2 Å². The zero-order chi connectivity index (χ0) is 21.0. The van der Waals surface area contributed by atoms with Crippen LogP contribution in [0.5, 0.6) is 0 Å². The zero-order valence-corrected chi connectivity index (χ0v) is 19.0. The molecule has 0 bridgehead atoms. The highest BCUT2D eigenvalue weighted by atomic mass is 32.1. The van der Waals surface area contributed by atoms with Crippen LogP contribution in [0.4, 0.5) is 5.82 Å². The smallest absolute Gasteiger partial charge is 0.128 e. The van der Waals surface area contributed by atoms with Crippen molar-refractivity contribution in [2.24, 2.45) is 0 Å². The fourth-order valence-electron chi connectivity index (χ4n) is 4.69. The first-order valence-electron chi connectivity index (χ1n) is 11.3. The second-order valence-electron chi connectivity index (χ2n) is 8.37. The summed E-state index contributed by atoms with van der Waals surface area (Å²) < 4.78 is 5.75. The van der Waals surface area contributed by atoms with Gasteiger partial charge in [-0.15, -0.1) is 11.3 Å². The molecule has 0 amide bonds. The van der Waals surface area contributed by atoms with Crippen LogP contribution in [0.25, 0.3) is 11.3 Å². The molecule has 1 fully saturated rings. The van der Waals surface area contributed by atoms with Crippen molar-refractivity contribution in [3.63, 3.8) is 0 Å². The van der Waals surface area contributed by atoms with Crippen LogP contribution in [0, 0.1) is 0 Å². The topological polar surface area (TPSA) is 41.5 Å². The number of rotatable bonds is 7. The molecule has 0 saturated carbocycles. The molecule has 0 N–H and O–H groups in total. The first-order valence-corrected chi connectivity index (χ1v) is 12.1. The molecular formula is C25H30N4OS. The molecule has 1 unspecified atom stereocenters. The number of piperazine rings is 1. The molecule has 5 rings (SSSR count). The molecule has 1 atom stereocenters. The van der Waals surface area contributed by atoms with Crippen LogP contribution in [0.15, 0.2) is 48.7 Å². The predicted molar refractivity (Wildman–Crippen MR) is 127 cm³/mol. The van der Waals surface area contributed by atoms with E-state index in [-0.39, 0.29) is 6.10 Å². The maximum Gasteiger partial charge on any atom is 0.128 e. The molecule has 162 valence electrons. The van der Waals surface area contributed by atoms with Crippen molar-refractivity contribution in [3.8, 4) is 11.3 Å². The van der Waals surface area contributed by atoms with Crippen LogP contribution >= 0.6 is 11.3 Å². The van der Waals surface area contributed by atoms with Crippen LogP contribution in [0.2, 0.25) is 0 Å². The third-order valence-corrected chi connectivity index (χ3v) is 7.56. The van der Waals surface area contributed by atoms with Gasteiger partial charge in [-0.25, -0.2) is 9.97 Å². The van der Waals surface area contributed by atoms with Crippen molar-refractivity contribution in [2.45, 2.75) is 31.8 Å². The van der Waals surface area contributed by atoms with E-state index in [1.54, 1.807) is 0 Å². The number of hydrogen-bond donors (Lipinski definition) is 0. The lowest BCUT2D eigenvalue weighted by atomic mass is 9.91. The molecule has 3 heterocycles. The van der Waals surface area contributed by atoms with E-state index in [0.717, 1.165) is 44.8 Å². The number of anilines is 1. The molecule has 5 nitrogen and oxygen atoms in total. The maximum absolute atomic E-state index is 5.75. The van der Waals surface area contributed by atoms with Gasteiger partial charge in [0.05, 0.1) is 16.8 Å². The Kier molecular flexibility index (Phi) is 6.30. The zero-order valence-electron chi connectivity index (χ0n) is 18.2. The molecule has 2 aromatic heterocycles. The van der Waals surface area contributed by atoms with Crippen molar-refractivity contribution >= 4 is 17.2 Å². The summed E-state index contributed by atoms with van der Waals surface area (Å²) in [6, 6.07) is 14.7. The van der Waals surface area contributed by atoms with Gasteiger partial charge in [-0.3, -0.25) is 4.90 Å². The third kappa shape index (κ3) is 4.52.